The zero-order valence-electron chi connectivity index (χ0n) is 22.8. The van der Waals surface area contributed by atoms with E-state index in [4.69, 9.17) is 5.73 Å². The molecule has 2 saturated carbocycles. The lowest BCUT2D eigenvalue weighted by Gasteiger charge is -2.43. The van der Waals surface area contributed by atoms with E-state index in [2.05, 4.69) is 40.6 Å². The molecule has 1 saturated heterocycles. The van der Waals surface area contributed by atoms with Crippen LogP contribution in [0.5, 0.6) is 0 Å². The Labute approximate surface area is 232 Å². The van der Waals surface area contributed by atoms with Gasteiger partial charge < -0.3 is 16.0 Å². The molecule has 3 aliphatic rings. The van der Waals surface area contributed by atoms with E-state index < -0.39 is 6.04 Å². The molecule has 2 aromatic carbocycles. The fourth-order valence-electron chi connectivity index (χ4n) is 6.14. The lowest BCUT2D eigenvalue weighted by Crippen LogP contribution is -2.59. The molecule has 0 radical (unpaired) electrons. The van der Waals surface area contributed by atoms with E-state index in [-0.39, 0.29) is 35.9 Å². The largest absolute Gasteiger partial charge is 0.352 e. The van der Waals surface area contributed by atoms with Crippen molar-refractivity contribution >= 4 is 11.8 Å². The van der Waals surface area contributed by atoms with E-state index in [1.54, 1.807) is 0 Å². The minimum atomic E-state index is -0.437. The van der Waals surface area contributed by atoms with Gasteiger partial charge in [0.15, 0.2) is 0 Å². The van der Waals surface area contributed by atoms with Gasteiger partial charge in [0.25, 0.3) is 0 Å². The van der Waals surface area contributed by atoms with Gasteiger partial charge in [-0.15, -0.1) is 0 Å². The van der Waals surface area contributed by atoms with Crippen molar-refractivity contribution in [1.29, 1.82) is 5.26 Å². The third kappa shape index (κ3) is 7.26. The highest BCUT2D eigenvalue weighted by Gasteiger charge is 2.43. The summed E-state index contributed by atoms with van der Waals surface area (Å²) in [6.07, 6.45) is 7.96. The smallest absolute Gasteiger partial charge is 0.243 e. The van der Waals surface area contributed by atoms with Crippen molar-refractivity contribution in [1.82, 2.24) is 15.1 Å². The summed E-state index contributed by atoms with van der Waals surface area (Å²) >= 11 is 0. The van der Waals surface area contributed by atoms with Gasteiger partial charge in [-0.05, 0) is 81.0 Å². The number of benzene rings is 2. The Morgan fingerprint density at radius 2 is 1.67 bits per heavy atom. The summed E-state index contributed by atoms with van der Waals surface area (Å²) in [5.41, 5.74) is 9.18. The van der Waals surface area contributed by atoms with E-state index in [0.717, 1.165) is 70.0 Å². The molecule has 2 aromatic rings. The standard InChI is InChI=1S/C32H41N5O2/c33-21-24-6-8-25(9-7-24)22-36(18-16-23-4-2-1-3-5-23)29-17-19-37(32(39)26-10-11-26)30(20-29)31(38)35-28-14-12-27(34)13-15-28/h1-9,26-30H,10-20,22,34H2,(H,35,38)/t27?,28?,29?,30-/m1/s1. The van der Waals surface area contributed by atoms with Crippen LogP contribution in [0, 0.1) is 17.2 Å². The Balaban J connectivity index is 1.32. The predicted octanol–water partition coefficient (Wildman–Crippen LogP) is 3.76. The molecule has 2 aliphatic carbocycles. The summed E-state index contributed by atoms with van der Waals surface area (Å²) in [6, 6.07) is 20.6. The lowest BCUT2D eigenvalue weighted by molar-refractivity contribution is -0.145. The van der Waals surface area contributed by atoms with E-state index >= 15 is 0 Å². The van der Waals surface area contributed by atoms with Crippen LogP contribution in [0.25, 0.3) is 0 Å². The minimum Gasteiger partial charge on any atom is -0.352 e. The van der Waals surface area contributed by atoms with Crippen molar-refractivity contribution in [3.8, 4) is 6.07 Å². The first-order valence-corrected chi connectivity index (χ1v) is 14.6. The average molecular weight is 528 g/mol. The second-order valence-electron chi connectivity index (χ2n) is 11.6. The summed E-state index contributed by atoms with van der Waals surface area (Å²) in [5.74, 6) is 0.245. The summed E-state index contributed by atoms with van der Waals surface area (Å²) in [4.78, 5) is 31.3. The van der Waals surface area contributed by atoms with Crippen LogP contribution in [-0.4, -0.2) is 58.9 Å². The molecule has 1 heterocycles. The van der Waals surface area contributed by atoms with Crippen LogP contribution in [0.4, 0.5) is 0 Å². The van der Waals surface area contributed by atoms with Crippen molar-refractivity contribution < 1.29 is 9.59 Å². The van der Waals surface area contributed by atoms with Crippen molar-refractivity contribution in [3.63, 3.8) is 0 Å². The number of carbonyl (C=O) groups is 2. The number of hydrogen-bond acceptors (Lipinski definition) is 5. The van der Waals surface area contributed by atoms with Gasteiger partial charge in [0.1, 0.15) is 6.04 Å². The maximum atomic E-state index is 13.7. The summed E-state index contributed by atoms with van der Waals surface area (Å²) < 4.78 is 0. The first-order chi connectivity index (χ1) is 19.0. The molecule has 1 aliphatic heterocycles. The average Bonchev–Trinajstić information content (AvgIpc) is 3.82. The topological polar surface area (TPSA) is 102 Å². The Morgan fingerprint density at radius 3 is 2.33 bits per heavy atom. The zero-order valence-corrected chi connectivity index (χ0v) is 22.8. The van der Waals surface area contributed by atoms with Crippen molar-refractivity contribution in [2.75, 3.05) is 13.1 Å². The third-order valence-corrected chi connectivity index (χ3v) is 8.72. The first-order valence-electron chi connectivity index (χ1n) is 14.6. The number of piperidine rings is 1. The van der Waals surface area contributed by atoms with Gasteiger partial charge in [0.05, 0.1) is 11.6 Å². The molecule has 39 heavy (non-hydrogen) atoms. The van der Waals surface area contributed by atoms with Gasteiger partial charge >= 0.3 is 0 Å². The van der Waals surface area contributed by atoms with Gasteiger partial charge in [-0.1, -0.05) is 42.5 Å². The van der Waals surface area contributed by atoms with Gasteiger partial charge in [-0.3, -0.25) is 14.5 Å². The maximum Gasteiger partial charge on any atom is 0.243 e. The highest BCUT2D eigenvalue weighted by Crippen LogP contribution is 2.34. The van der Waals surface area contributed by atoms with Crippen molar-refractivity contribution in [3.05, 3.63) is 71.3 Å². The maximum absolute atomic E-state index is 13.7. The van der Waals surface area contributed by atoms with Crippen LogP contribution >= 0.6 is 0 Å². The quantitative estimate of drug-likeness (QED) is 0.517. The van der Waals surface area contributed by atoms with Crippen molar-refractivity contribution in [2.45, 2.75) is 88.5 Å². The molecule has 0 bridgehead atoms. The second-order valence-corrected chi connectivity index (χ2v) is 11.6. The molecule has 7 heteroatoms. The first kappa shape index (κ1) is 27.4. The molecular formula is C32H41N5O2. The summed E-state index contributed by atoms with van der Waals surface area (Å²) in [5, 5.41) is 12.5. The number of hydrogen-bond donors (Lipinski definition) is 2. The number of nitrogens with two attached hydrogens (primary N) is 1. The number of rotatable bonds is 9. The molecule has 3 fully saturated rings. The van der Waals surface area contributed by atoms with Gasteiger partial charge in [0, 0.05) is 43.7 Å². The molecule has 206 valence electrons. The van der Waals surface area contributed by atoms with Crippen LogP contribution in [-0.2, 0) is 22.6 Å². The zero-order chi connectivity index (χ0) is 27.2. The number of nitrogens with zero attached hydrogens (tertiary/aromatic N) is 3. The minimum absolute atomic E-state index is 0.00412. The highest BCUT2D eigenvalue weighted by atomic mass is 16.2. The Morgan fingerprint density at radius 1 is 0.949 bits per heavy atom. The monoisotopic (exact) mass is 527 g/mol. The van der Waals surface area contributed by atoms with Crippen LogP contribution < -0.4 is 11.1 Å². The van der Waals surface area contributed by atoms with E-state index in [1.165, 1.54) is 5.56 Å². The molecule has 3 N–H and O–H groups in total. The molecule has 5 rings (SSSR count). The van der Waals surface area contributed by atoms with Gasteiger partial charge in [0.2, 0.25) is 11.8 Å². The second kappa shape index (κ2) is 12.8. The SMILES string of the molecule is N#Cc1ccc(CN(CCc2ccccc2)C2CCN(C(=O)C3CC3)[C@@H](C(=O)NC3CCC(N)CC3)C2)cc1. The number of likely N-dealkylation sites (tertiary alicyclic amines) is 1. The summed E-state index contributed by atoms with van der Waals surface area (Å²) in [6.45, 7) is 2.22. The normalized spacial score (nSPS) is 25.2. The van der Waals surface area contributed by atoms with Gasteiger partial charge in [-0.2, -0.15) is 5.26 Å². The molecular weight excluding hydrogens is 486 g/mol. The number of carbonyl (C=O) groups excluding carboxylic acids is 2. The number of nitriles is 1. The van der Waals surface area contributed by atoms with Crippen LogP contribution in [0.15, 0.2) is 54.6 Å². The highest BCUT2D eigenvalue weighted by molar-refractivity contribution is 5.89. The van der Waals surface area contributed by atoms with E-state index in [9.17, 15) is 14.9 Å². The van der Waals surface area contributed by atoms with Crippen LogP contribution in [0.3, 0.4) is 0 Å². The van der Waals surface area contributed by atoms with E-state index in [0.29, 0.717) is 18.5 Å². The molecule has 7 nitrogen and oxygen atoms in total. The fourth-order valence-corrected chi connectivity index (χ4v) is 6.14. The van der Waals surface area contributed by atoms with E-state index in [1.807, 2.05) is 35.2 Å². The number of amides is 2. The predicted molar refractivity (Wildman–Crippen MR) is 151 cm³/mol. The summed E-state index contributed by atoms with van der Waals surface area (Å²) in [7, 11) is 0. The Hall–Kier alpha value is -3.21. The molecule has 0 aromatic heterocycles. The van der Waals surface area contributed by atoms with Crippen molar-refractivity contribution in [2.24, 2.45) is 11.7 Å². The molecule has 0 spiro atoms. The molecule has 2 atom stereocenters. The van der Waals surface area contributed by atoms with Crippen LogP contribution in [0.2, 0.25) is 0 Å². The Bertz CT molecular complexity index is 1150. The fraction of sp³-hybridized carbons (Fsp3) is 0.531. The molecule has 2 amide bonds. The lowest BCUT2D eigenvalue weighted by atomic mass is 9.90. The number of nitrogens with one attached hydrogen (secondary N) is 1. The van der Waals surface area contributed by atoms with Crippen LogP contribution in [0.1, 0.15) is 68.1 Å². The molecule has 1 unspecified atom stereocenters. The third-order valence-electron chi connectivity index (χ3n) is 8.72. The van der Waals surface area contributed by atoms with Gasteiger partial charge in [-0.25, -0.2) is 0 Å². The Kier molecular flexibility index (Phi) is 8.95.